The van der Waals surface area contributed by atoms with E-state index in [1.807, 2.05) is 12.3 Å². The summed E-state index contributed by atoms with van der Waals surface area (Å²) in [7, 11) is -1.20. The molecule has 0 bridgehead atoms. The minimum atomic E-state index is -2.82. The number of methoxy groups -OCH3 is 1. The number of aromatic nitrogens is 1. The minimum absolute atomic E-state index is 0.130. The minimum Gasteiger partial charge on any atom is -0.495 e. The molecule has 2 heterocycles. The molecule has 1 aliphatic rings. The van der Waals surface area contributed by atoms with E-state index in [9.17, 15) is 8.42 Å². The van der Waals surface area contributed by atoms with Gasteiger partial charge in [-0.1, -0.05) is 6.92 Å². The SMILES string of the molecule is CCCNC(CC1CCS(=O)(=O)C1)c1cncc(OC)c1. The smallest absolute Gasteiger partial charge is 0.150 e. The molecule has 0 aromatic carbocycles. The zero-order valence-corrected chi connectivity index (χ0v) is 13.5. The Balaban J connectivity index is 2.10. The average Bonchev–Trinajstić information content (AvgIpc) is 2.82. The highest BCUT2D eigenvalue weighted by molar-refractivity contribution is 7.91. The molecule has 0 saturated carbocycles. The molecule has 0 amide bonds. The van der Waals surface area contributed by atoms with Gasteiger partial charge in [-0.3, -0.25) is 4.98 Å². The number of hydrogen-bond donors (Lipinski definition) is 1. The van der Waals surface area contributed by atoms with Crippen molar-refractivity contribution in [1.82, 2.24) is 10.3 Å². The number of sulfone groups is 1. The third-order valence-electron chi connectivity index (χ3n) is 3.91. The van der Waals surface area contributed by atoms with E-state index in [1.54, 1.807) is 13.3 Å². The van der Waals surface area contributed by atoms with E-state index in [0.717, 1.165) is 37.1 Å². The van der Waals surface area contributed by atoms with Crippen LogP contribution in [-0.2, 0) is 9.84 Å². The van der Waals surface area contributed by atoms with E-state index in [1.165, 1.54) is 0 Å². The molecule has 1 aromatic rings. The van der Waals surface area contributed by atoms with E-state index in [2.05, 4.69) is 17.2 Å². The molecular formula is C15H24N2O3S. The number of ether oxygens (including phenoxy) is 1. The van der Waals surface area contributed by atoms with Gasteiger partial charge in [0.05, 0.1) is 24.8 Å². The maximum atomic E-state index is 11.6. The van der Waals surface area contributed by atoms with Crippen molar-refractivity contribution >= 4 is 9.84 Å². The van der Waals surface area contributed by atoms with Gasteiger partial charge in [-0.25, -0.2) is 8.42 Å². The zero-order valence-electron chi connectivity index (χ0n) is 12.7. The molecule has 2 rings (SSSR count). The summed E-state index contributed by atoms with van der Waals surface area (Å²) in [4.78, 5) is 4.20. The molecule has 1 N–H and O–H groups in total. The molecule has 2 unspecified atom stereocenters. The van der Waals surface area contributed by atoms with Crippen LogP contribution in [0.4, 0.5) is 0 Å². The first-order valence-corrected chi connectivity index (χ1v) is 9.29. The fourth-order valence-electron chi connectivity index (χ4n) is 2.78. The predicted molar refractivity (Wildman–Crippen MR) is 83.2 cm³/mol. The summed E-state index contributed by atoms with van der Waals surface area (Å²) in [6.45, 7) is 3.02. The topological polar surface area (TPSA) is 68.3 Å². The van der Waals surface area contributed by atoms with Crippen LogP contribution in [0.5, 0.6) is 5.75 Å². The van der Waals surface area contributed by atoms with Gasteiger partial charge in [-0.2, -0.15) is 0 Å². The van der Waals surface area contributed by atoms with Gasteiger partial charge in [0, 0.05) is 12.2 Å². The quantitative estimate of drug-likeness (QED) is 0.833. The van der Waals surface area contributed by atoms with Crippen LogP contribution in [0.25, 0.3) is 0 Å². The van der Waals surface area contributed by atoms with E-state index >= 15 is 0 Å². The van der Waals surface area contributed by atoms with Gasteiger partial charge >= 0.3 is 0 Å². The number of rotatable bonds is 7. The summed E-state index contributed by atoms with van der Waals surface area (Å²) in [6, 6.07) is 2.11. The monoisotopic (exact) mass is 312 g/mol. The van der Waals surface area contributed by atoms with Gasteiger partial charge in [0.25, 0.3) is 0 Å². The lowest BCUT2D eigenvalue weighted by molar-refractivity contribution is 0.399. The summed E-state index contributed by atoms with van der Waals surface area (Å²) in [6.07, 6.45) is 6.15. The lowest BCUT2D eigenvalue weighted by atomic mass is 9.95. The van der Waals surface area contributed by atoms with Crippen LogP contribution in [0.15, 0.2) is 18.5 Å². The van der Waals surface area contributed by atoms with Crippen LogP contribution in [-0.4, -0.2) is 38.6 Å². The largest absolute Gasteiger partial charge is 0.495 e. The van der Waals surface area contributed by atoms with Gasteiger partial charge in [-0.15, -0.1) is 0 Å². The zero-order chi connectivity index (χ0) is 15.3. The second kappa shape index (κ2) is 7.22. The van der Waals surface area contributed by atoms with Gasteiger partial charge < -0.3 is 10.1 Å². The molecule has 1 fully saturated rings. The Labute approximate surface area is 127 Å². The van der Waals surface area contributed by atoms with Crippen LogP contribution in [0.3, 0.4) is 0 Å². The molecule has 1 aliphatic heterocycles. The van der Waals surface area contributed by atoms with E-state index in [0.29, 0.717) is 11.5 Å². The number of nitrogens with zero attached hydrogens (tertiary/aromatic N) is 1. The Bertz CT molecular complexity index is 560. The van der Waals surface area contributed by atoms with Crippen molar-refractivity contribution in [3.63, 3.8) is 0 Å². The molecule has 1 aromatic heterocycles. The Morgan fingerprint density at radius 3 is 2.90 bits per heavy atom. The van der Waals surface area contributed by atoms with Crippen LogP contribution in [0.2, 0.25) is 0 Å². The van der Waals surface area contributed by atoms with Crippen molar-refractivity contribution in [2.45, 2.75) is 32.2 Å². The van der Waals surface area contributed by atoms with Crippen LogP contribution in [0, 0.1) is 5.92 Å². The first kappa shape index (κ1) is 16.2. The second-order valence-electron chi connectivity index (χ2n) is 5.67. The molecular weight excluding hydrogens is 288 g/mol. The summed E-state index contributed by atoms with van der Waals surface area (Å²) >= 11 is 0. The lowest BCUT2D eigenvalue weighted by Crippen LogP contribution is -2.25. The number of hydrogen-bond acceptors (Lipinski definition) is 5. The molecule has 2 atom stereocenters. The molecule has 0 spiro atoms. The highest BCUT2D eigenvalue weighted by Crippen LogP contribution is 2.29. The summed E-state index contributed by atoms with van der Waals surface area (Å²) in [5.74, 6) is 1.61. The maximum absolute atomic E-state index is 11.6. The van der Waals surface area contributed by atoms with Crippen molar-refractivity contribution in [2.75, 3.05) is 25.2 Å². The predicted octanol–water partition coefficient (Wildman–Crippen LogP) is 1.96. The molecule has 5 nitrogen and oxygen atoms in total. The molecule has 21 heavy (non-hydrogen) atoms. The Kier molecular flexibility index (Phi) is 5.58. The van der Waals surface area contributed by atoms with Gasteiger partial charge in [0.2, 0.25) is 0 Å². The fraction of sp³-hybridized carbons (Fsp3) is 0.667. The summed E-state index contributed by atoms with van der Waals surface area (Å²) in [5.41, 5.74) is 1.06. The normalized spacial score (nSPS) is 22.1. The third kappa shape index (κ3) is 4.68. The van der Waals surface area contributed by atoms with E-state index in [-0.39, 0.29) is 12.0 Å². The van der Waals surface area contributed by atoms with E-state index in [4.69, 9.17) is 4.74 Å². The highest BCUT2D eigenvalue weighted by atomic mass is 32.2. The molecule has 118 valence electrons. The van der Waals surface area contributed by atoms with E-state index < -0.39 is 9.84 Å². The molecule has 1 saturated heterocycles. The highest BCUT2D eigenvalue weighted by Gasteiger charge is 2.30. The van der Waals surface area contributed by atoms with Gasteiger partial charge in [0.15, 0.2) is 9.84 Å². The first-order chi connectivity index (χ1) is 10.0. The van der Waals surface area contributed by atoms with Crippen molar-refractivity contribution in [1.29, 1.82) is 0 Å². The van der Waals surface area contributed by atoms with Crippen molar-refractivity contribution in [2.24, 2.45) is 5.92 Å². The number of nitrogens with one attached hydrogen (secondary N) is 1. The Morgan fingerprint density at radius 2 is 2.29 bits per heavy atom. The maximum Gasteiger partial charge on any atom is 0.150 e. The average molecular weight is 312 g/mol. The standard InChI is InChI=1S/C15H24N2O3S/c1-3-5-17-15(7-12-4-6-21(18,19)11-12)13-8-14(20-2)10-16-9-13/h8-10,12,15,17H,3-7,11H2,1-2H3. The summed E-state index contributed by atoms with van der Waals surface area (Å²) in [5, 5.41) is 3.50. The Hall–Kier alpha value is -1.14. The second-order valence-corrected chi connectivity index (χ2v) is 7.90. The first-order valence-electron chi connectivity index (χ1n) is 7.47. The van der Waals surface area contributed by atoms with Gasteiger partial charge in [0.1, 0.15) is 5.75 Å². The van der Waals surface area contributed by atoms with Crippen molar-refractivity contribution in [3.8, 4) is 5.75 Å². The summed E-state index contributed by atoms with van der Waals surface area (Å²) < 4.78 is 28.5. The molecule has 0 aliphatic carbocycles. The van der Waals surface area contributed by atoms with Crippen LogP contribution >= 0.6 is 0 Å². The third-order valence-corrected chi connectivity index (χ3v) is 5.75. The molecule has 6 heteroatoms. The lowest BCUT2D eigenvalue weighted by Gasteiger charge is -2.22. The number of pyridine rings is 1. The van der Waals surface area contributed by atoms with Crippen LogP contribution in [0.1, 0.15) is 37.8 Å². The fourth-order valence-corrected chi connectivity index (χ4v) is 4.66. The van der Waals surface area contributed by atoms with Crippen LogP contribution < -0.4 is 10.1 Å². The van der Waals surface area contributed by atoms with Gasteiger partial charge in [-0.05, 0) is 43.4 Å². The Morgan fingerprint density at radius 1 is 1.48 bits per heavy atom. The van der Waals surface area contributed by atoms with Crippen molar-refractivity contribution in [3.05, 3.63) is 24.0 Å². The molecule has 0 radical (unpaired) electrons. The van der Waals surface area contributed by atoms with Crippen molar-refractivity contribution < 1.29 is 13.2 Å².